The summed E-state index contributed by atoms with van der Waals surface area (Å²) in [4.78, 5) is 23.4. The van der Waals surface area contributed by atoms with Crippen molar-refractivity contribution >= 4 is 17.5 Å². The summed E-state index contributed by atoms with van der Waals surface area (Å²) in [5.74, 6) is 1.11. The molecule has 0 aliphatic carbocycles. The molecule has 1 N–H and O–H groups in total. The number of furan rings is 1. The van der Waals surface area contributed by atoms with Crippen LogP contribution in [0.1, 0.15) is 22.1 Å². The van der Waals surface area contributed by atoms with E-state index in [1.54, 1.807) is 31.2 Å². The molecule has 6 heteroatoms. The maximum Gasteiger partial charge on any atom is 0.287 e. The van der Waals surface area contributed by atoms with Gasteiger partial charge in [0.15, 0.2) is 11.2 Å². The van der Waals surface area contributed by atoms with Gasteiger partial charge < -0.3 is 14.2 Å². The van der Waals surface area contributed by atoms with E-state index in [9.17, 15) is 9.59 Å². The number of hydrogen-bond donors (Lipinski definition) is 1. The molecule has 1 aromatic carbocycles. The lowest BCUT2D eigenvalue weighted by molar-refractivity contribution is 0.0916. The van der Waals surface area contributed by atoms with Gasteiger partial charge in [0.25, 0.3) is 5.91 Å². The van der Waals surface area contributed by atoms with Crippen molar-refractivity contribution in [2.75, 3.05) is 0 Å². The minimum atomic E-state index is -0.475. The Balaban J connectivity index is 1.69. The maximum atomic E-state index is 12.0. The molecule has 0 atom stereocenters. The lowest BCUT2D eigenvalue weighted by Crippen LogP contribution is -2.23. The van der Waals surface area contributed by atoms with Gasteiger partial charge in [0.1, 0.15) is 17.3 Å². The van der Waals surface area contributed by atoms with Crippen molar-refractivity contribution in [3.63, 3.8) is 0 Å². The zero-order valence-corrected chi connectivity index (χ0v) is 13.6. The van der Waals surface area contributed by atoms with Crippen LogP contribution in [-0.2, 0) is 6.54 Å². The van der Waals surface area contributed by atoms with Crippen LogP contribution in [0, 0.1) is 6.92 Å². The second-order valence-corrected chi connectivity index (χ2v) is 5.66. The molecule has 0 spiro atoms. The summed E-state index contributed by atoms with van der Waals surface area (Å²) >= 11 is 5.96. The van der Waals surface area contributed by atoms with Gasteiger partial charge in [-0.3, -0.25) is 9.59 Å². The van der Waals surface area contributed by atoms with Crippen molar-refractivity contribution in [3.05, 3.63) is 81.1 Å². The number of carbonyl (C=O) groups excluding carboxylic acids is 1. The number of carbonyl (C=O) groups is 1. The Morgan fingerprint density at radius 1 is 1.12 bits per heavy atom. The zero-order chi connectivity index (χ0) is 17.1. The highest BCUT2D eigenvalue weighted by Gasteiger charge is 2.11. The van der Waals surface area contributed by atoms with Gasteiger partial charge in [-0.1, -0.05) is 23.7 Å². The van der Waals surface area contributed by atoms with E-state index in [2.05, 4.69) is 5.32 Å². The van der Waals surface area contributed by atoms with E-state index in [1.807, 2.05) is 12.1 Å². The van der Waals surface area contributed by atoms with E-state index < -0.39 is 5.91 Å². The average Bonchev–Trinajstić information content (AvgIpc) is 3.00. The average molecular weight is 344 g/mol. The third-order valence-corrected chi connectivity index (χ3v) is 3.54. The highest BCUT2D eigenvalue weighted by atomic mass is 35.5. The lowest BCUT2D eigenvalue weighted by Gasteiger charge is -2.03. The fourth-order valence-electron chi connectivity index (χ4n) is 2.24. The van der Waals surface area contributed by atoms with E-state index in [1.165, 1.54) is 6.07 Å². The van der Waals surface area contributed by atoms with Crippen LogP contribution >= 0.6 is 11.6 Å². The predicted molar refractivity (Wildman–Crippen MR) is 90.0 cm³/mol. The molecular weight excluding hydrogens is 330 g/mol. The Hall–Kier alpha value is -2.79. The van der Waals surface area contributed by atoms with Crippen LogP contribution in [-0.4, -0.2) is 5.91 Å². The summed E-state index contributed by atoms with van der Waals surface area (Å²) in [6.45, 7) is 1.79. The molecule has 0 bridgehead atoms. The van der Waals surface area contributed by atoms with Gasteiger partial charge in [-0.05, 0) is 31.2 Å². The molecule has 122 valence electrons. The smallest absolute Gasteiger partial charge is 0.287 e. The number of nitrogens with one attached hydrogen (secondary N) is 1. The number of aryl methyl sites for hydroxylation is 1. The molecule has 5 nitrogen and oxygen atoms in total. The van der Waals surface area contributed by atoms with Crippen molar-refractivity contribution < 1.29 is 13.6 Å². The van der Waals surface area contributed by atoms with Gasteiger partial charge in [-0.15, -0.1) is 0 Å². The number of benzene rings is 1. The van der Waals surface area contributed by atoms with Gasteiger partial charge >= 0.3 is 0 Å². The molecule has 0 saturated heterocycles. The van der Waals surface area contributed by atoms with Crippen LogP contribution in [0.15, 0.2) is 62.2 Å². The zero-order valence-electron chi connectivity index (χ0n) is 12.8. The quantitative estimate of drug-likeness (QED) is 0.782. The molecule has 3 rings (SSSR count). The highest BCUT2D eigenvalue weighted by molar-refractivity contribution is 6.30. The number of rotatable bonds is 4. The summed E-state index contributed by atoms with van der Waals surface area (Å²) < 4.78 is 10.9. The topological polar surface area (TPSA) is 72.5 Å². The molecule has 24 heavy (non-hydrogen) atoms. The van der Waals surface area contributed by atoms with Gasteiger partial charge in [0, 0.05) is 22.7 Å². The molecular formula is C18H14ClNO4. The first-order valence-electron chi connectivity index (χ1n) is 7.26. The maximum absolute atomic E-state index is 12.0. The van der Waals surface area contributed by atoms with E-state index in [-0.39, 0.29) is 17.7 Å². The SMILES string of the molecule is Cc1cc(=O)cc(C(=O)NCc2ccc(-c3cccc(Cl)c3)o2)o1. The molecule has 0 radical (unpaired) electrons. The van der Waals surface area contributed by atoms with Crippen molar-refractivity contribution in [2.45, 2.75) is 13.5 Å². The van der Waals surface area contributed by atoms with Crippen LogP contribution in [0.2, 0.25) is 5.02 Å². The number of hydrogen-bond acceptors (Lipinski definition) is 4. The second kappa shape index (κ2) is 6.76. The van der Waals surface area contributed by atoms with Gasteiger partial charge in [0.2, 0.25) is 0 Å². The summed E-state index contributed by atoms with van der Waals surface area (Å²) in [7, 11) is 0. The van der Waals surface area contributed by atoms with Crippen molar-refractivity contribution in [2.24, 2.45) is 0 Å². The Kier molecular flexibility index (Phi) is 4.53. The Morgan fingerprint density at radius 3 is 2.71 bits per heavy atom. The van der Waals surface area contributed by atoms with Crippen LogP contribution in [0.25, 0.3) is 11.3 Å². The molecule has 1 amide bonds. The molecule has 0 aliphatic heterocycles. The number of halogens is 1. The lowest BCUT2D eigenvalue weighted by atomic mass is 10.2. The van der Waals surface area contributed by atoms with E-state index in [0.29, 0.717) is 22.3 Å². The minimum Gasteiger partial charge on any atom is -0.459 e. The van der Waals surface area contributed by atoms with Crippen LogP contribution in [0.4, 0.5) is 0 Å². The van der Waals surface area contributed by atoms with Crippen molar-refractivity contribution in [1.29, 1.82) is 0 Å². The number of amides is 1. The summed E-state index contributed by atoms with van der Waals surface area (Å²) in [6, 6.07) is 13.3. The van der Waals surface area contributed by atoms with Crippen molar-refractivity contribution in [1.82, 2.24) is 5.32 Å². The molecule has 0 unspecified atom stereocenters. The standard InChI is InChI=1S/C18H14ClNO4/c1-11-7-14(21)9-17(23-11)18(22)20-10-15-5-6-16(24-15)12-3-2-4-13(19)8-12/h2-9H,10H2,1H3,(H,20,22). The van der Waals surface area contributed by atoms with Gasteiger partial charge in [-0.25, -0.2) is 0 Å². The predicted octanol–water partition coefficient (Wildman–Crippen LogP) is 3.79. The monoisotopic (exact) mass is 343 g/mol. The summed E-state index contributed by atoms with van der Waals surface area (Å²) in [6.07, 6.45) is 0. The fraction of sp³-hybridized carbons (Fsp3) is 0.111. The summed E-state index contributed by atoms with van der Waals surface area (Å²) in [5.41, 5.74) is 0.579. The Labute approximate surface area is 142 Å². The summed E-state index contributed by atoms with van der Waals surface area (Å²) in [5, 5.41) is 3.27. The second-order valence-electron chi connectivity index (χ2n) is 5.23. The third kappa shape index (κ3) is 3.75. The van der Waals surface area contributed by atoms with Crippen LogP contribution < -0.4 is 10.7 Å². The first kappa shape index (κ1) is 16.1. The normalized spacial score (nSPS) is 10.6. The van der Waals surface area contributed by atoms with Crippen molar-refractivity contribution in [3.8, 4) is 11.3 Å². The molecule has 2 heterocycles. The Morgan fingerprint density at radius 2 is 1.96 bits per heavy atom. The molecule has 2 aromatic heterocycles. The largest absolute Gasteiger partial charge is 0.459 e. The van der Waals surface area contributed by atoms with E-state index in [0.717, 1.165) is 11.6 Å². The molecule has 3 aromatic rings. The van der Waals surface area contributed by atoms with Crippen LogP contribution in [0.5, 0.6) is 0 Å². The van der Waals surface area contributed by atoms with E-state index >= 15 is 0 Å². The third-order valence-electron chi connectivity index (χ3n) is 3.31. The van der Waals surface area contributed by atoms with Gasteiger partial charge in [0.05, 0.1) is 6.54 Å². The molecule has 0 aliphatic rings. The van der Waals surface area contributed by atoms with Gasteiger partial charge in [-0.2, -0.15) is 0 Å². The highest BCUT2D eigenvalue weighted by Crippen LogP contribution is 2.24. The molecule has 0 fully saturated rings. The first-order chi connectivity index (χ1) is 11.5. The Bertz CT molecular complexity index is 942. The fourth-order valence-corrected chi connectivity index (χ4v) is 2.43. The minimum absolute atomic E-state index is 0.0263. The molecule has 0 saturated carbocycles. The van der Waals surface area contributed by atoms with E-state index in [4.69, 9.17) is 20.4 Å². The van der Waals surface area contributed by atoms with Crippen LogP contribution in [0.3, 0.4) is 0 Å². The first-order valence-corrected chi connectivity index (χ1v) is 7.64.